The molecule has 0 bridgehead atoms. The molecular formula is C25H27N5O. The Hall–Kier alpha value is -3.67. The summed E-state index contributed by atoms with van der Waals surface area (Å²) < 4.78 is 0. The standard InChI is InChI=1S/C25H27N5O/c1-3-5-6-25(31)19-7-9-21(10-8-19)27-29-23-15-17-24(18-16-23)30-28-22-13-11-20(12-14-22)26-4-2/h7-18,26H,3-6H2,1-2H3. The van der Waals surface area contributed by atoms with Gasteiger partial charge < -0.3 is 5.32 Å². The van der Waals surface area contributed by atoms with Crippen LogP contribution in [0.5, 0.6) is 0 Å². The van der Waals surface area contributed by atoms with E-state index in [0.29, 0.717) is 12.1 Å². The van der Waals surface area contributed by atoms with Gasteiger partial charge in [0, 0.05) is 24.2 Å². The van der Waals surface area contributed by atoms with Crippen LogP contribution < -0.4 is 5.32 Å². The van der Waals surface area contributed by atoms with E-state index in [9.17, 15) is 4.79 Å². The number of azo groups is 2. The third kappa shape index (κ3) is 6.96. The Labute approximate surface area is 183 Å². The maximum Gasteiger partial charge on any atom is 0.162 e. The first kappa shape index (κ1) is 22.0. The second-order valence-corrected chi connectivity index (χ2v) is 7.07. The number of ketones is 1. The first-order valence-corrected chi connectivity index (χ1v) is 10.6. The Kier molecular flexibility index (Phi) is 8.17. The zero-order valence-corrected chi connectivity index (χ0v) is 18.0. The van der Waals surface area contributed by atoms with Crippen LogP contribution >= 0.6 is 0 Å². The molecule has 3 rings (SSSR count). The quantitative estimate of drug-likeness (QED) is 0.268. The minimum Gasteiger partial charge on any atom is -0.385 e. The number of hydrogen-bond donors (Lipinski definition) is 1. The molecule has 0 unspecified atom stereocenters. The SMILES string of the molecule is CCCCC(=O)c1ccc(N=Nc2ccc(N=Nc3ccc(NCC)cc3)cc2)cc1. The van der Waals surface area contributed by atoms with E-state index in [4.69, 9.17) is 0 Å². The number of hydrogen-bond acceptors (Lipinski definition) is 6. The molecular weight excluding hydrogens is 386 g/mol. The van der Waals surface area contributed by atoms with E-state index >= 15 is 0 Å². The molecule has 1 N–H and O–H groups in total. The van der Waals surface area contributed by atoms with Crippen molar-refractivity contribution in [2.24, 2.45) is 20.5 Å². The smallest absolute Gasteiger partial charge is 0.162 e. The summed E-state index contributed by atoms with van der Waals surface area (Å²) in [6, 6.07) is 22.4. The van der Waals surface area contributed by atoms with Crippen molar-refractivity contribution in [3.63, 3.8) is 0 Å². The molecule has 0 aliphatic heterocycles. The second kappa shape index (κ2) is 11.5. The van der Waals surface area contributed by atoms with Gasteiger partial charge in [-0.1, -0.05) is 13.3 Å². The highest BCUT2D eigenvalue weighted by atomic mass is 16.1. The highest BCUT2D eigenvalue weighted by Crippen LogP contribution is 2.24. The second-order valence-electron chi connectivity index (χ2n) is 7.07. The van der Waals surface area contributed by atoms with Crippen molar-refractivity contribution in [2.75, 3.05) is 11.9 Å². The van der Waals surface area contributed by atoms with Crippen LogP contribution in [0.15, 0.2) is 93.3 Å². The van der Waals surface area contributed by atoms with Crippen LogP contribution in [0.3, 0.4) is 0 Å². The van der Waals surface area contributed by atoms with Gasteiger partial charge in [-0.25, -0.2) is 0 Å². The predicted molar refractivity (Wildman–Crippen MR) is 126 cm³/mol. The zero-order chi connectivity index (χ0) is 21.9. The van der Waals surface area contributed by atoms with Gasteiger partial charge >= 0.3 is 0 Å². The summed E-state index contributed by atoms with van der Waals surface area (Å²) in [5.41, 5.74) is 4.74. The van der Waals surface area contributed by atoms with Gasteiger partial charge in [-0.05, 0) is 86.1 Å². The fraction of sp³-hybridized carbons (Fsp3) is 0.240. The van der Waals surface area contributed by atoms with E-state index in [-0.39, 0.29) is 5.78 Å². The lowest BCUT2D eigenvalue weighted by molar-refractivity contribution is 0.0980. The minimum atomic E-state index is 0.170. The fourth-order valence-corrected chi connectivity index (χ4v) is 2.86. The largest absolute Gasteiger partial charge is 0.385 e. The molecule has 0 spiro atoms. The number of anilines is 1. The van der Waals surface area contributed by atoms with Gasteiger partial charge in [0.15, 0.2) is 5.78 Å². The molecule has 0 saturated carbocycles. The normalized spacial score (nSPS) is 11.3. The van der Waals surface area contributed by atoms with Gasteiger partial charge in [0.25, 0.3) is 0 Å². The molecule has 0 amide bonds. The minimum absolute atomic E-state index is 0.170. The summed E-state index contributed by atoms with van der Waals surface area (Å²) in [4.78, 5) is 12.0. The lowest BCUT2D eigenvalue weighted by atomic mass is 10.1. The van der Waals surface area contributed by atoms with Gasteiger partial charge in [0.1, 0.15) is 0 Å². The van der Waals surface area contributed by atoms with Crippen molar-refractivity contribution in [2.45, 2.75) is 33.1 Å². The average molecular weight is 414 g/mol. The van der Waals surface area contributed by atoms with Crippen molar-refractivity contribution >= 4 is 34.2 Å². The number of carbonyl (C=O) groups is 1. The molecule has 3 aromatic rings. The Bertz CT molecular complexity index is 1020. The molecule has 0 aliphatic carbocycles. The summed E-state index contributed by atoms with van der Waals surface area (Å²) >= 11 is 0. The molecule has 3 aromatic carbocycles. The zero-order valence-electron chi connectivity index (χ0n) is 18.0. The maximum absolute atomic E-state index is 12.0. The third-order valence-corrected chi connectivity index (χ3v) is 4.61. The van der Waals surface area contributed by atoms with E-state index < -0.39 is 0 Å². The Balaban J connectivity index is 1.57. The Morgan fingerprint density at radius 2 is 1.10 bits per heavy atom. The molecule has 31 heavy (non-hydrogen) atoms. The number of benzene rings is 3. The molecule has 0 aliphatic rings. The number of carbonyl (C=O) groups excluding carboxylic acids is 1. The molecule has 0 radical (unpaired) electrons. The van der Waals surface area contributed by atoms with Gasteiger partial charge in [0.2, 0.25) is 0 Å². The maximum atomic E-state index is 12.0. The summed E-state index contributed by atoms with van der Waals surface area (Å²) in [6.45, 7) is 5.02. The Morgan fingerprint density at radius 3 is 1.52 bits per heavy atom. The van der Waals surface area contributed by atoms with E-state index in [0.717, 1.165) is 47.7 Å². The van der Waals surface area contributed by atoms with E-state index in [1.165, 1.54) is 0 Å². The highest BCUT2D eigenvalue weighted by molar-refractivity contribution is 5.96. The highest BCUT2D eigenvalue weighted by Gasteiger charge is 2.04. The number of nitrogens with zero attached hydrogens (tertiary/aromatic N) is 4. The predicted octanol–water partition coefficient (Wildman–Crippen LogP) is 8.32. The lowest BCUT2D eigenvalue weighted by Crippen LogP contribution is -1.97. The van der Waals surface area contributed by atoms with E-state index in [2.05, 4.69) is 39.6 Å². The topological polar surface area (TPSA) is 78.5 Å². The molecule has 0 atom stereocenters. The van der Waals surface area contributed by atoms with Crippen LogP contribution in [-0.4, -0.2) is 12.3 Å². The molecule has 0 aromatic heterocycles. The lowest BCUT2D eigenvalue weighted by Gasteiger charge is -2.01. The number of nitrogens with one attached hydrogen (secondary N) is 1. The molecule has 6 nitrogen and oxygen atoms in total. The van der Waals surface area contributed by atoms with Crippen LogP contribution in [0.1, 0.15) is 43.5 Å². The monoisotopic (exact) mass is 413 g/mol. The summed E-state index contributed by atoms with van der Waals surface area (Å²) in [5.74, 6) is 0.170. The number of unbranched alkanes of at least 4 members (excludes halogenated alkanes) is 1. The van der Waals surface area contributed by atoms with Crippen molar-refractivity contribution in [3.8, 4) is 0 Å². The Morgan fingerprint density at radius 1 is 0.677 bits per heavy atom. The average Bonchev–Trinajstić information content (AvgIpc) is 2.82. The van der Waals surface area contributed by atoms with Crippen LogP contribution in [0.4, 0.5) is 28.4 Å². The van der Waals surface area contributed by atoms with Gasteiger partial charge in [0.05, 0.1) is 22.7 Å². The number of rotatable bonds is 10. The van der Waals surface area contributed by atoms with E-state index in [1.807, 2.05) is 60.7 Å². The third-order valence-electron chi connectivity index (χ3n) is 4.61. The summed E-state index contributed by atoms with van der Waals surface area (Å²) in [7, 11) is 0. The van der Waals surface area contributed by atoms with Gasteiger partial charge in [-0.15, -0.1) is 0 Å². The molecule has 0 saturated heterocycles. The van der Waals surface area contributed by atoms with Crippen LogP contribution in [0, 0.1) is 0 Å². The summed E-state index contributed by atoms with van der Waals surface area (Å²) in [6.07, 6.45) is 2.52. The molecule has 0 heterocycles. The van der Waals surface area contributed by atoms with Crippen molar-refractivity contribution in [1.82, 2.24) is 0 Å². The van der Waals surface area contributed by atoms with Gasteiger partial charge in [-0.2, -0.15) is 20.5 Å². The van der Waals surface area contributed by atoms with Gasteiger partial charge in [-0.3, -0.25) is 4.79 Å². The molecule has 0 fully saturated rings. The van der Waals surface area contributed by atoms with Crippen molar-refractivity contribution < 1.29 is 4.79 Å². The van der Waals surface area contributed by atoms with Crippen molar-refractivity contribution in [1.29, 1.82) is 0 Å². The first-order valence-electron chi connectivity index (χ1n) is 10.6. The van der Waals surface area contributed by atoms with Crippen LogP contribution in [0.2, 0.25) is 0 Å². The van der Waals surface area contributed by atoms with Crippen LogP contribution in [-0.2, 0) is 0 Å². The first-order chi connectivity index (χ1) is 15.2. The summed E-state index contributed by atoms with van der Waals surface area (Å²) in [5, 5.41) is 20.3. The molecule has 158 valence electrons. The van der Waals surface area contributed by atoms with Crippen LogP contribution in [0.25, 0.3) is 0 Å². The fourth-order valence-electron chi connectivity index (χ4n) is 2.86. The van der Waals surface area contributed by atoms with E-state index in [1.54, 1.807) is 12.1 Å². The van der Waals surface area contributed by atoms with Crippen molar-refractivity contribution in [3.05, 3.63) is 78.4 Å². The molecule has 6 heteroatoms. The number of Topliss-reactive ketones (excluding diaryl/α,β-unsaturated/α-hetero) is 1.